The van der Waals surface area contributed by atoms with Crippen molar-refractivity contribution in [3.63, 3.8) is 0 Å². The molecular formula is C20H21N3O5S. The van der Waals surface area contributed by atoms with Crippen LogP contribution in [0, 0.1) is 0 Å². The molecule has 1 aliphatic rings. The Kier molecular flexibility index (Phi) is 5.81. The van der Waals surface area contributed by atoms with Crippen molar-refractivity contribution in [3.8, 4) is 0 Å². The number of sulfonamides is 1. The van der Waals surface area contributed by atoms with Gasteiger partial charge >= 0.3 is 0 Å². The number of amides is 3. The number of carbonyl (C=O) groups excluding carboxylic acids is 3. The first-order valence-corrected chi connectivity index (χ1v) is 10.5. The van der Waals surface area contributed by atoms with Gasteiger partial charge in [-0.2, -0.15) is 0 Å². The second-order valence-electron chi connectivity index (χ2n) is 6.77. The number of imide groups is 1. The molecule has 2 aromatic carbocycles. The van der Waals surface area contributed by atoms with Gasteiger partial charge in [-0.25, -0.2) is 18.5 Å². The van der Waals surface area contributed by atoms with Gasteiger partial charge in [-0.15, -0.1) is 0 Å². The van der Waals surface area contributed by atoms with Gasteiger partial charge in [-0.05, 0) is 36.2 Å². The van der Waals surface area contributed by atoms with Crippen LogP contribution < -0.4 is 10.0 Å². The Labute approximate surface area is 169 Å². The van der Waals surface area contributed by atoms with Gasteiger partial charge in [0.1, 0.15) is 6.04 Å². The maximum Gasteiger partial charge on any atom is 0.257 e. The van der Waals surface area contributed by atoms with E-state index in [9.17, 15) is 22.8 Å². The number of nitrogens with zero attached hydrogens (tertiary/aromatic N) is 2. The predicted molar refractivity (Wildman–Crippen MR) is 106 cm³/mol. The summed E-state index contributed by atoms with van der Waals surface area (Å²) in [7, 11) is -3.88. The van der Waals surface area contributed by atoms with E-state index in [0.29, 0.717) is 13.0 Å². The highest BCUT2D eigenvalue weighted by Gasteiger charge is 2.43. The van der Waals surface area contributed by atoms with E-state index in [0.717, 1.165) is 10.5 Å². The highest BCUT2D eigenvalue weighted by atomic mass is 32.2. The maximum atomic E-state index is 12.9. The van der Waals surface area contributed by atoms with E-state index in [-0.39, 0.29) is 22.9 Å². The Morgan fingerprint density at radius 3 is 2.28 bits per heavy atom. The molecule has 3 rings (SSSR count). The maximum absolute atomic E-state index is 12.9. The van der Waals surface area contributed by atoms with Crippen LogP contribution in [0.1, 0.15) is 18.9 Å². The Bertz CT molecular complexity index is 1040. The Hall–Kier alpha value is -3.04. The van der Waals surface area contributed by atoms with Crippen molar-refractivity contribution in [3.05, 3.63) is 60.2 Å². The normalized spacial score (nSPS) is 16.9. The topological polar surface area (TPSA) is 118 Å². The van der Waals surface area contributed by atoms with E-state index in [1.165, 1.54) is 36.1 Å². The molecule has 9 heteroatoms. The molecule has 1 saturated heterocycles. The van der Waals surface area contributed by atoms with E-state index in [1.807, 2.05) is 30.3 Å². The summed E-state index contributed by atoms with van der Waals surface area (Å²) >= 11 is 0. The minimum atomic E-state index is -3.88. The van der Waals surface area contributed by atoms with Gasteiger partial charge in [0.15, 0.2) is 0 Å². The zero-order valence-corrected chi connectivity index (χ0v) is 16.6. The first-order chi connectivity index (χ1) is 13.7. The van der Waals surface area contributed by atoms with Crippen LogP contribution in [0.2, 0.25) is 0 Å². The summed E-state index contributed by atoms with van der Waals surface area (Å²) < 4.78 is 22.8. The number of nitrogens with two attached hydrogens (primary N) is 1. The molecule has 2 aromatic rings. The van der Waals surface area contributed by atoms with Crippen molar-refractivity contribution < 1.29 is 22.8 Å². The molecule has 0 aliphatic carbocycles. The minimum absolute atomic E-state index is 0.120. The average Bonchev–Trinajstić information content (AvgIpc) is 2.96. The molecular weight excluding hydrogens is 394 g/mol. The molecule has 0 aromatic heterocycles. The van der Waals surface area contributed by atoms with Crippen molar-refractivity contribution in [2.45, 2.75) is 30.7 Å². The zero-order valence-electron chi connectivity index (χ0n) is 15.8. The highest BCUT2D eigenvalue weighted by Crippen LogP contribution is 2.27. The molecule has 3 amide bonds. The lowest BCUT2D eigenvalue weighted by Crippen LogP contribution is -2.45. The molecule has 1 atom stereocenters. The van der Waals surface area contributed by atoms with E-state index in [2.05, 4.69) is 0 Å². The largest absolute Gasteiger partial charge is 0.330 e. The molecule has 0 radical (unpaired) electrons. The fourth-order valence-electron chi connectivity index (χ4n) is 3.34. The van der Waals surface area contributed by atoms with Gasteiger partial charge in [0, 0.05) is 13.5 Å². The lowest BCUT2D eigenvalue weighted by Gasteiger charge is -2.26. The van der Waals surface area contributed by atoms with Crippen LogP contribution in [-0.2, 0) is 30.8 Å². The van der Waals surface area contributed by atoms with Crippen molar-refractivity contribution in [1.82, 2.24) is 4.90 Å². The van der Waals surface area contributed by atoms with Gasteiger partial charge in [-0.1, -0.05) is 30.3 Å². The first-order valence-electron chi connectivity index (χ1n) is 8.99. The van der Waals surface area contributed by atoms with Gasteiger partial charge in [0.05, 0.1) is 17.0 Å². The molecule has 1 aliphatic heterocycles. The summed E-state index contributed by atoms with van der Waals surface area (Å²) in [6.07, 6.45) is 0.436. The zero-order chi connectivity index (χ0) is 21.2. The molecule has 8 nitrogen and oxygen atoms in total. The quantitative estimate of drug-likeness (QED) is 0.708. The van der Waals surface area contributed by atoms with Crippen LogP contribution in [0.5, 0.6) is 0 Å². The molecule has 1 unspecified atom stereocenters. The van der Waals surface area contributed by atoms with E-state index in [4.69, 9.17) is 5.14 Å². The fourth-order valence-corrected chi connectivity index (χ4v) is 3.86. The second kappa shape index (κ2) is 8.14. The number of benzene rings is 2. The SMILES string of the molecule is CC(=O)N(CCc1ccccc1)C1CC(=O)N(c2ccc(S(N)(=O)=O)cc2)C1=O. The average molecular weight is 415 g/mol. The Morgan fingerprint density at radius 2 is 1.72 bits per heavy atom. The molecule has 0 bridgehead atoms. The van der Waals surface area contributed by atoms with Crippen molar-refractivity contribution in [2.24, 2.45) is 5.14 Å². The van der Waals surface area contributed by atoms with E-state index >= 15 is 0 Å². The minimum Gasteiger partial charge on any atom is -0.330 e. The van der Waals surface area contributed by atoms with Crippen LogP contribution in [0.25, 0.3) is 0 Å². The summed E-state index contributed by atoms with van der Waals surface area (Å²) in [4.78, 5) is 39.9. The monoisotopic (exact) mass is 415 g/mol. The number of hydrogen-bond donors (Lipinski definition) is 1. The van der Waals surface area contributed by atoms with E-state index in [1.54, 1.807) is 0 Å². The lowest BCUT2D eigenvalue weighted by molar-refractivity contribution is -0.136. The highest BCUT2D eigenvalue weighted by molar-refractivity contribution is 7.89. The Morgan fingerprint density at radius 1 is 1.10 bits per heavy atom. The van der Waals surface area contributed by atoms with Gasteiger partial charge in [-0.3, -0.25) is 14.4 Å². The standard InChI is InChI=1S/C20H21N3O5S/c1-14(24)22(12-11-15-5-3-2-4-6-15)18-13-19(25)23(20(18)26)16-7-9-17(10-8-16)29(21,27)28/h2-10,18H,11-13H2,1H3,(H2,21,27,28). The van der Waals surface area contributed by atoms with Crippen molar-refractivity contribution in [2.75, 3.05) is 11.4 Å². The number of primary sulfonamides is 1. The van der Waals surface area contributed by atoms with Crippen LogP contribution in [-0.4, -0.2) is 43.6 Å². The Balaban J connectivity index is 1.79. The fraction of sp³-hybridized carbons (Fsp3) is 0.250. The first kappa shape index (κ1) is 20.7. The van der Waals surface area contributed by atoms with Crippen molar-refractivity contribution in [1.29, 1.82) is 0 Å². The summed E-state index contributed by atoms with van der Waals surface area (Å²) in [5.41, 5.74) is 1.26. The molecule has 1 fully saturated rings. The number of anilines is 1. The molecule has 1 heterocycles. The lowest BCUT2D eigenvalue weighted by atomic mass is 10.1. The van der Waals surface area contributed by atoms with Crippen molar-refractivity contribution >= 4 is 33.4 Å². The summed E-state index contributed by atoms with van der Waals surface area (Å²) in [6.45, 7) is 1.67. The van der Waals surface area contributed by atoms with Gasteiger partial charge < -0.3 is 4.90 Å². The molecule has 152 valence electrons. The van der Waals surface area contributed by atoms with Gasteiger partial charge in [0.25, 0.3) is 5.91 Å². The van der Waals surface area contributed by atoms with E-state index < -0.39 is 27.9 Å². The summed E-state index contributed by atoms with van der Waals surface area (Å²) in [5.74, 6) is -1.26. The molecule has 2 N–H and O–H groups in total. The number of hydrogen-bond acceptors (Lipinski definition) is 5. The third kappa shape index (κ3) is 4.52. The third-order valence-electron chi connectivity index (χ3n) is 4.81. The molecule has 0 saturated carbocycles. The molecule has 0 spiro atoms. The van der Waals surface area contributed by atoms with Crippen LogP contribution in [0.15, 0.2) is 59.5 Å². The second-order valence-corrected chi connectivity index (χ2v) is 8.34. The number of carbonyl (C=O) groups is 3. The summed E-state index contributed by atoms with van der Waals surface area (Å²) in [6, 6.07) is 13.8. The van der Waals surface area contributed by atoms with Crippen LogP contribution in [0.4, 0.5) is 5.69 Å². The summed E-state index contributed by atoms with van der Waals surface area (Å²) in [5, 5.41) is 5.07. The van der Waals surface area contributed by atoms with Gasteiger partial charge in [0.2, 0.25) is 21.8 Å². The van der Waals surface area contributed by atoms with Crippen LogP contribution in [0.3, 0.4) is 0 Å². The predicted octanol–water partition coefficient (Wildman–Crippen LogP) is 1.06. The number of rotatable bonds is 6. The van der Waals surface area contributed by atoms with Crippen LogP contribution >= 0.6 is 0 Å². The third-order valence-corrected chi connectivity index (χ3v) is 5.74. The molecule has 29 heavy (non-hydrogen) atoms. The smallest absolute Gasteiger partial charge is 0.257 e.